The Morgan fingerprint density at radius 1 is 1.43 bits per heavy atom. The molecule has 0 aliphatic carbocycles. The molecule has 0 amide bonds. The Kier molecular flexibility index (Phi) is 5.35. The summed E-state index contributed by atoms with van der Waals surface area (Å²) in [6.45, 7) is 2.67. The van der Waals surface area contributed by atoms with Crippen LogP contribution in [0.1, 0.15) is 17.3 Å². The summed E-state index contributed by atoms with van der Waals surface area (Å²) in [5, 5.41) is 0. The summed E-state index contributed by atoms with van der Waals surface area (Å²) in [5.74, 6) is 0. The summed E-state index contributed by atoms with van der Waals surface area (Å²) in [7, 11) is 0. The molecule has 0 aliphatic rings. The molecule has 1 rings (SSSR count). The van der Waals surface area contributed by atoms with Gasteiger partial charge in [0, 0.05) is 0 Å². The fourth-order valence-electron chi connectivity index (χ4n) is 1.02. The molecule has 1 aromatic carbocycles. The first-order valence-electron chi connectivity index (χ1n) is 4.45. The zero-order valence-electron chi connectivity index (χ0n) is 7.97. The molecule has 0 heterocycles. The van der Waals surface area contributed by atoms with E-state index in [0.717, 1.165) is 4.47 Å². The van der Waals surface area contributed by atoms with Gasteiger partial charge in [0.1, 0.15) is 0 Å². The maximum atomic E-state index is 5.22. The van der Waals surface area contributed by atoms with Gasteiger partial charge in [-0.3, -0.25) is 0 Å². The minimum atomic E-state index is 0.253. The Morgan fingerprint density at radius 3 is 2.64 bits per heavy atom. The molecule has 3 heteroatoms. The van der Waals surface area contributed by atoms with Gasteiger partial charge in [0.2, 0.25) is 0 Å². The van der Waals surface area contributed by atoms with Gasteiger partial charge in [-0.25, -0.2) is 0 Å². The molecule has 74 valence electrons. The van der Waals surface area contributed by atoms with Crippen LogP contribution in [-0.4, -0.2) is 38.6 Å². The van der Waals surface area contributed by atoms with Crippen LogP contribution in [0.5, 0.6) is 0 Å². The van der Waals surface area contributed by atoms with E-state index in [1.807, 2.05) is 25.1 Å². The van der Waals surface area contributed by atoms with Gasteiger partial charge in [-0.05, 0) is 0 Å². The van der Waals surface area contributed by atoms with Crippen molar-refractivity contribution >= 4 is 32.0 Å². The van der Waals surface area contributed by atoms with E-state index in [-0.39, 0.29) is 4.82 Å². The van der Waals surface area contributed by atoms with E-state index < -0.39 is 0 Å². The summed E-state index contributed by atoms with van der Waals surface area (Å²) in [6.07, 6.45) is 1.77. The first-order chi connectivity index (χ1) is 6.75. The minimum absolute atomic E-state index is 0.253. The van der Waals surface area contributed by atoms with Gasteiger partial charge in [-0.15, -0.1) is 0 Å². The summed E-state index contributed by atoms with van der Waals surface area (Å²) < 4.78 is 6.31. The van der Waals surface area contributed by atoms with Crippen LogP contribution in [0, 0.1) is 0 Å². The van der Waals surface area contributed by atoms with Gasteiger partial charge in [0.25, 0.3) is 0 Å². The normalized spacial score (nSPS) is 13.7. The molecule has 0 spiro atoms. The van der Waals surface area contributed by atoms with E-state index in [4.69, 9.17) is 4.74 Å². The first kappa shape index (κ1) is 11.9. The van der Waals surface area contributed by atoms with Crippen LogP contribution in [0.2, 0.25) is 0 Å². The molecule has 14 heavy (non-hydrogen) atoms. The first-order valence-corrected chi connectivity index (χ1v) is 6.29. The zero-order valence-corrected chi connectivity index (χ0v) is 11.4. The average Bonchev–Trinajstić information content (AvgIpc) is 2.26. The quantitative estimate of drug-likeness (QED) is 0.609. The Balaban J connectivity index is 2.70. The van der Waals surface area contributed by atoms with Crippen molar-refractivity contribution in [3.8, 4) is 0 Å². The molecule has 0 fully saturated rings. The van der Waals surface area contributed by atoms with E-state index in [1.54, 1.807) is 6.26 Å². The number of ether oxygens (including phenoxy) is 1. The third-order valence-corrected chi connectivity index (χ3v) is 4.28. The van der Waals surface area contributed by atoms with Crippen molar-refractivity contribution in [2.75, 3.05) is 6.61 Å². The van der Waals surface area contributed by atoms with Gasteiger partial charge in [0.05, 0.1) is 0 Å². The second-order valence-corrected chi connectivity index (χ2v) is 4.74. The van der Waals surface area contributed by atoms with E-state index in [9.17, 15) is 0 Å². The van der Waals surface area contributed by atoms with Crippen LogP contribution in [-0.2, 0) is 4.74 Å². The molecule has 0 aliphatic heterocycles. The van der Waals surface area contributed by atoms with Crippen LogP contribution < -0.4 is 0 Å². The summed E-state index contributed by atoms with van der Waals surface area (Å²) in [4.78, 5) is 0.253. The van der Waals surface area contributed by atoms with Crippen molar-refractivity contribution in [3.05, 3.63) is 46.6 Å². The van der Waals surface area contributed by atoms with Crippen LogP contribution in [0.15, 0.2) is 41.1 Å². The molecule has 2 radical (unpaired) electrons. The Hall–Kier alpha value is -0.201. The Morgan fingerprint density at radius 2 is 2.07 bits per heavy atom. The summed E-state index contributed by atoms with van der Waals surface area (Å²) >= 11 is 6.14. The monoisotopic (exact) mass is 320 g/mol. The summed E-state index contributed by atoms with van der Waals surface area (Å²) in [6, 6.07) is 10.3. The molecule has 0 saturated heterocycles. The van der Waals surface area contributed by atoms with Crippen LogP contribution >= 0.6 is 0 Å². The van der Waals surface area contributed by atoms with Gasteiger partial charge in [0.15, 0.2) is 0 Å². The number of benzene rings is 1. The molecular weight excluding hydrogens is 306 g/mol. The van der Waals surface area contributed by atoms with Crippen molar-refractivity contribution in [1.82, 2.24) is 0 Å². The number of hydrogen-bond donors (Lipinski definition) is 0. The predicted molar refractivity (Wildman–Crippen MR) is 60.4 cm³/mol. The maximum absolute atomic E-state index is 5.22. The zero-order chi connectivity index (χ0) is 10.4. The molecule has 0 bridgehead atoms. The predicted octanol–water partition coefficient (Wildman–Crippen LogP) is 1.94. The van der Waals surface area contributed by atoms with Crippen molar-refractivity contribution in [2.24, 2.45) is 0 Å². The van der Waals surface area contributed by atoms with Crippen LogP contribution in [0.25, 0.3) is 0 Å². The van der Waals surface area contributed by atoms with Crippen LogP contribution in [0.4, 0.5) is 0 Å². The molecular formula is C11H12OSe2. The third-order valence-electron chi connectivity index (χ3n) is 1.73. The molecule has 0 aromatic heterocycles. The van der Waals surface area contributed by atoms with Crippen LogP contribution in [0.3, 0.4) is 0 Å². The third kappa shape index (κ3) is 3.51. The average molecular weight is 318 g/mol. The van der Waals surface area contributed by atoms with Crippen molar-refractivity contribution in [1.29, 1.82) is 0 Å². The molecule has 1 atom stereocenters. The fourth-order valence-corrected chi connectivity index (χ4v) is 1.89. The van der Waals surface area contributed by atoms with E-state index in [2.05, 4.69) is 44.2 Å². The molecule has 0 saturated carbocycles. The van der Waals surface area contributed by atoms with Gasteiger partial charge < -0.3 is 0 Å². The molecule has 0 N–H and O–H groups in total. The van der Waals surface area contributed by atoms with E-state index in [0.29, 0.717) is 6.61 Å². The Labute approximate surface area is 102 Å². The second kappa shape index (κ2) is 6.31. The standard InChI is InChI=1S/C11H12OSe2/c1-2-12-8-10(13)11(14)9-6-4-3-5-7-9/h3-8,11H,2H2,1H3/b10-8+. The summed E-state index contributed by atoms with van der Waals surface area (Å²) in [5.41, 5.74) is 1.25. The SMILES string of the molecule is CCO/C=C(/[Se])C([Se])c1ccccc1. The van der Waals surface area contributed by atoms with E-state index >= 15 is 0 Å². The van der Waals surface area contributed by atoms with Gasteiger partial charge >= 0.3 is 102 Å². The van der Waals surface area contributed by atoms with Gasteiger partial charge in [-0.2, -0.15) is 0 Å². The Bertz CT molecular complexity index is 295. The molecule has 1 unspecified atom stereocenters. The van der Waals surface area contributed by atoms with Crippen molar-refractivity contribution in [2.45, 2.75) is 11.7 Å². The topological polar surface area (TPSA) is 9.23 Å². The number of rotatable bonds is 4. The van der Waals surface area contributed by atoms with Gasteiger partial charge in [-0.1, -0.05) is 0 Å². The number of allylic oxidation sites excluding steroid dienone is 1. The van der Waals surface area contributed by atoms with Crippen molar-refractivity contribution in [3.63, 3.8) is 0 Å². The van der Waals surface area contributed by atoms with Crippen molar-refractivity contribution < 1.29 is 4.74 Å². The molecule has 1 aromatic rings. The fraction of sp³-hybridized carbons (Fsp3) is 0.273. The molecule has 1 nitrogen and oxygen atoms in total. The van der Waals surface area contributed by atoms with E-state index in [1.165, 1.54) is 5.56 Å². The number of hydrogen-bond acceptors (Lipinski definition) is 1. The second-order valence-electron chi connectivity index (χ2n) is 2.77.